The number of nitrogens with zero attached hydrogens (tertiary/aromatic N) is 2. The highest BCUT2D eigenvalue weighted by Gasteiger charge is 2.38. The van der Waals surface area contributed by atoms with Crippen LogP contribution in [0.15, 0.2) is 30.3 Å². The van der Waals surface area contributed by atoms with Crippen LogP contribution >= 0.6 is 11.6 Å². The van der Waals surface area contributed by atoms with Gasteiger partial charge in [-0.2, -0.15) is 31.4 Å². The van der Waals surface area contributed by atoms with E-state index >= 15 is 0 Å². The van der Waals surface area contributed by atoms with Crippen molar-refractivity contribution in [1.82, 2.24) is 9.78 Å². The molecule has 0 saturated carbocycles. The summed E-state index contributed by atoms with van der Waals surface area (Å²) in [6.07, 6.45) is -7.69. The van der Waals surface area contributed by atoms with Crippen molar-refractivity contribution in [3.8, 4) is 0 Å². The summed E-state index contributed by atoms with van der Waals surface area (Å²) in [5.41, 5.74) is -2.61. The maximum atomic E-state index is 12.9. The summed E-state index contributed by atoms with van der Waals surface area (Å²) in [6, 6.07) is 3.57. The number of alkyl halides is 6. The number of rotatable bonds is 3. The van der Waals surface area contributed by atoms with Gasteiger partial charge in [-0.3, -0.25) is 9.48 Å². The van der Waals surface area contributed by atoms with Gasteiger partial charge >= 0.3 is 12.4 Å². The van der Waals surface area contributed by atoms with Gasteiger partial charge in [0.25, 0.3) is 0 Å². The van der Waals surface area contributed by atoms with Crippen LogP contribution in [0.3, 0.4) is 0 Å². The summed E-state index contributed by atoms with van der Waals surface area (Å²) >= 11 is 5.73. The molecule has 0 radical (unpaired) electrons. The van der Waals surface area contributed by atoms with Gasteiger partial charge in [-0.25, -0.2) is 0 Å². The molecule has 1 aromatic carbocycles. The Morgan fingerprint density at radius 2 is 1.69 bits per heavy atom. The molecule has 2 rings (SSSR count). The van der Waals surface area contributed by atoms with Crippen LogP contribution < -0.4 is 5.32 Å². The largest absolute Gasteiger partial charge is 0.435 e. The number of nitrogens with one attached hydrogen (secondary N) is 1. The second-order valence-electron chi connectivity index (χ2n) is 5.07. The van der Waals surface area contributed by atoms with E-state index in [9.17, 15) is 31.1 Å². The van der Waals surface area contributed by atoms with Gasteiger partial charge < -0.3 is 5.32 Å². The second kappa shape index (κ2) is 7.02. The highest BCUT2D eigenvalue weighted by Crippen LogP contribution is 2.35. The molecule has 2 aromatic rings. The Morgan fingerprint density at radius 1 is 1.12 bits per heavy atom. The molecule has 0 aliphatic rings. The normalized spacial score (nSPS) is 12.6. The molecule has 26 heavy (non-hydrogen) atoms. The highest BCUT2D eigenvalue weighted by molar-refractivity contribution is 6.31. The molecule has 0 saturated heterocycles. The quantitative estimate of drug-likeness (QED) is 0.599. The molecule has 1 N–H and O–H groups in total. The number of anilines is 1. The first-order valence-electron chi connectivity index (χ1n) is 6.85. The highest BCUT2D eigenvalue weighted by atomic mass is 35.5. The minimum atomic E-state index is -4.77. The molecule has 1 heterocycles. The van der Waals surface area contributed by atoms with Crippen molar-refractivity contribution in [3.63, 3.8) is 0 Å². The molecule has 0 aliphatic carbocycles. The monoisotopic (exact) mass is 397 g/mol. The maximum Gasteiger partial charge on any atom is 0.435 e. The number of benzene rings is 1. The van der Waals surface area contributed by atoms with Crippen LogP contribution in [0.5, 0.6) is 0 Å². The topological polar surface area (TPSA) is 46.9 Å². The molecule has 1 amide bonds. The first-order valence-corrected chi connectivity index (χ1v) is 7.23. The van der Waals surface area contributed by atoms with Gasteiger partial charge in [-0.1, -0.05) is 11.6 Å². The van der Waals surface area contributed by atoms with Gasteiger partial charge in [0.05, 0.1) is 5.56 Å². The molecule has 1 aromatic heterocycles. The summed E-state index contributed by atoms with van der Waals surface area (Å²) in [4.78, 5) is 11.8. The number of halogens is 7. The van der Waals surface area contributed by atoms with E-state index in [0.717, 1.165) is 41.1 Å². The fourth-order valence-electron chi connectivity index (χ4n) is 1.96. The average molecular weight is 398 g/mol. The molecule has 4 nitrogen and oxygen atoms in total. The van der Waals surface area contributed by atoms with Gasteiger partial charge in [0.15, 0.2) is 5.69 Å². The Labute approximate surface area is 148 Å². The smallest absolute Gasteiger partial charge is 0.323 e. The summed E-state index contributed by atoms with van der Waals surface area (Å²) in [5.74, 6) is -0.849. The van der Waals surface area contributed by atoms with Crippen molar-refractivity contribution in [2.45, 2.75) is 12.4 Å². The molecule has 0 atom stereocenters. The average Bonchev–Trinajstić information content (AvgIpc) is 2.80. The lowest BCUT2D eigenvalue weighted by atomic mass is 10.2. The lowest BCUT2D eigenvalue weighted by molar-refractivity contribution is -0.141. The fourth-order valence-corrected chi connectivity index (χ4v) is 2.15. The zero-order chi connectivity index (χ0) is 19.7. The third kappa shape index (κ3) is 4.57. The number of hydrogen-bond donors (Lipinski definition) is 1. The van der Waals surface area contributed by atoms with Crippen LogP contribution in [-0.2, 0) is 24.2 Å². The van der Waals surface area contributed by atoms with Crippen molar-refractivity contribution < 1.29 is 31.1 Å². The van der Waals surface area contributed by atoms with E-state index in [0.29, 0.717) is 0 Å². The number of amides is 1. The van der Waals surface area contributed by atoms with Gasteiger partial charge in [0.2, 0.25) is 5.91 Å². The summed E-state index contributed by atoms with van der Waals surface area (Å²) < 4.78 is 76.8. The standard InChI is InChI=1S/C15H10ClF6N3O/c1-25-13(16)10(12(24-25)15(20,21)22)6-7-11(26)23-9-4-2-8(3-5-9)14(17,18)19/h2-7H,1H3,(H,23,26). The van der Waals surface area contributed by atoms with Gasteiger partial charge in [0, 0.05) is 24.4 Å². The number of aryl methyl sites for hydroxylation is 1. The van der Waals surface area contributed by atoms with Crippen LogP contribution in [0.25, 0.3) is 6.08 Å². The van der Waals surface area contributed by atoms with Crippen molar-refractivity contribution in [2.24, 2.45) is 7.05 Å². The van der Waals surface area contributed by atoms with Crippen molar-refractivity contribution in [3.05, 3.63) is 52.3 Å². The number of carbonyl (C=O) groups is 1. The molecular weight excluding hydrogens is 388 g/mol. The van der Waals surface area contributed by atoms with E-state index in [-0.39, 0.29) is 10.8 Å². The van der Waals surface area contributed by atoms with Crippen molar-refractivity contribution in [1.29, 1.82) is 0 Å². The molecule has 140 valence electrons. The molecule has 0 bridgehead atoms. The van der Waals surface area contributed by atoms with Crippen LogP contribution in [0.2, 0.25) is 5.15 Å². The Hall–Kier alpha value is -2.49. The lowest BCUT2D eigenvalue weighted by Crippen LogP contribution is -2.10. The molecule has 11 heteroatoms. The Balaban J connectivity index is 2.16. The molecule has 0 aliphatic heterocycles. The fraction of sp³-hybridized carbons (Fsp3) is 0.200. The summed E-state index contributed by atoms with van der Waals surface area (Å²) in [7, 11) is 1.21. The molecule has 0 spiro atoms. The first kappa shape index (κ1) is 19.8. The van der Waals surface area contributed by atoms with Gasteiger partial charge in [-0.15, -0.1) is 0 Å². The number of aromatic nitrogens is 2. The zero-order valence-corrected chi connectivity index (χ0v) is 13.7. The van der Waals surface area contributed by atoms with Crippen molar-refractivity contribution >= 4 is 29.3 Å². The predicted molar refractivity (Wildman–Crippen MR) is 82.3 cm³/mol. The minimum Gasteiger partial charge on any atom is -0.323 e. The Kier molecular flexibility index (Phi) is 5.36. The van der Waals surface area contributed by atoms with Crippen molar-refractivity contribution in [2.75, 3.05) is 5.32 Å². The summed E-state index contributed by atoms with van der Waals surface area (Å²) in [6.45, 7) is 0. The van der Waals surface area contributed by atoms with E-state index in [2.05, 4.69) is 10.4 Å². The van der Waals surface area contributed by atoms with E-state index in [1.54, 1.807) is 0 Å². The van der Waals surface area contributed by atoms with Gasteiger partial charge in [-0.05, 0) is 30.3 Å². The van der Waals surface area contributed by atoms with Crippen LogP contribution in [-0.4, -0.2) is 15.7 Å². The van der Waals surface area contributed by atoms with E-state index < -0.39 is 35.1 Å². The van der Waals surface area contributed by atoms with Crippen LogP contribution in [0.1, 0.15) is 16.8 Å². The van der Waals surface area contributed by atoms with E-state index in [1.165, 1.54) is 7.05 Å². The first-order chi connectivity index (χ1) is 11.9. The number of hydrogen-bond acceptors (Lipinski definition) is 2. The van der Waals surface area contributed by atoms with E-state index in [4.69, 9.17) is 11.6 Å². The van der Waals surface area contributed by atoms with Gasteiger partial charge in [0.1, 0.15) is 5.15 Å². The predicted octanol–water partition coefficient (Wildman–Crippen LogP) is 4.76. The van der Waals surface area contributed by atoms with E-state index in [1.807, 2.05) is 0 Å². The molecule has 0 fully saturated rings. The third-order valence-corrected chi connectivity index (χ3v) is 3.61. The molecular formula is C15H10ClF6N3O. The minimum absolute atomic E-state index is 0.0426. The number of carbonyl (C=O) groups excluding carboxylic acids is 1. The van der Waals surface area contributed by atoms with Crippen LogP contribution in [0.4, 0.5) is 32.0 Å². The zero-order valence-electron chi connectivity index (χ0n) is 12.9. The summed E-state index contributed by atoms with van der Waals surface area (Å²) in [5, 5.41) is 5.15. The lowest BCUT2D eigenvalue weighted by Gasteiger charge is -2.07. The SMILES string of the molecule is Cn1nc(C(F)(F)F)c(C=CC(=O)Nc2ccc(C(F)(F)F)cc2)c1Cl. The molecule has 0 unspecified atom stereocenters. The maximum absolute atomic E-state index is 12.9. The Morgan fingerprint density at radius 3 is 2.19 bits per heavy atom. The Bertz CT molecular complexity index is 837. The van der Waals surface area contributed by atoms with Crippen LogP contribution in [0, 0.1) is 0 Å². The second-order valence-corrected chi connectivity index (χ2v) is 5.43. The third-order valence-electron chi connectivity index (χ3n) is 3.16.